The van der Waals surface area contributed by atoms with Gasteiger partial charge in [-0.1, -0.05) is 43.6 Å². The number of hydrogen-bond acceptors (Lipinski definition) is 3. The number of carbonyl (C=O) groups excluding carboxylic acids is 1. The normalized spacial score (nSPS) is 10.8. The van der Waals surface area contributed by atoms with E-state index in [0.29, 0.717) is 16.8 Å². The number of hydrogen-bond donors (Lipinski definition) is 2. The number of anilines is 1. The predicted octanol–water partition coefficient (Wildman–Crippen LogP) is 4.57. The van der Waals surface area contributed by atoms with Crippen molar-refractivity contribution in [2.24, 2.45) is 0 Å². The van der Waals surface area contributed by atoms with Gasteiger partial charge < -0.3 is 10.6 Å². The molecule has 0 unspecified atom stereocenters. The molecule has 0 aliphatic heterocycles. The largest absolute Gasteiger partial charge is 0.325 e. The third-order valence-corrected chi connectivity index (χ3v) is 4.45. The van der Waals surface area contributed by atoms with E-state index in [1.165, 1.54) is 4.90 Å². The van der Waals surface area contributed by atoms with Crippen LogP contribution in [0.4, 0.5) is 5.69 Å². The Balaban J connectivity index is 1.77. The van der Waals surface area contributed by atoms with Crippen molar-refractivity contribution in [3.05, 3.63) is 59.1 Å². The van der Waals surface area contributed by atoms with Crippen molar-refractivity contribution in [1.82, 2.24) is 5.32 Å². The first-order valence-corrected chi connectivity index (χ1v) is 8.81. The highest BCUT2D eigenvalue weighted by Gasteiger charge is 2.04. The van der Waals surface area contributed by atoms with E-state index in [4.69, 9.17) is 11.6 Å². The quantitative estimate of drug-likeness (QED) is 0.720. The number of carbonyl (C=O) groups is 1. The molecule has 2 N–H and O–H groups in total. The summed E-state index contributed by atoms with van der Waals surface area (Å²) in [5, 5.41) is 7.23. The van der Waals surface area contributed by atoms with Gasteiger partial charge >= 0.3 is 0 Å². The summed E-state index contributed by atoms with van der Waals surface area (Å²) in [6, 6.07) is 15.5. The van der Waals surface area contributed by atoms with Crippen molar-refractivity contribution in [3.63, 3.8) is 0 Å². The summed E-state index contributed by atoms with van der Waals surface area (Å²) in [5.41, 5.74) is 1.79. The molecule has 0 bridgehead atoms. The standard InChI is InChI=1S/C18H21ClN2OS/c1-13(2)23-16-9-7-15(8-10-16)21-18(22)12-20-11-14-5-3-4-6-17(14)19/h3-10,13,20H,11-12H2,1-2H3,(H,21,22). The van der Waals surface area contributed by atoms with Crippen LogP contribution in [0.15, 0.2) is 53.4 Å². The zero-order valence-electron chi connectivity index (χ0n) is 13.3. The topological polar surface area (TPSA) is 41.1 Å². The van der Waals surface area contributed by atoms with Crippen LogP contribution < -0.4 is 10.6 Å². The van der Waals surface area contributed by atoms with E-state index in [-0.39, 0.29) is 12.5 Å². The molecule has 23 heavy (non-hydrogen) atoms. The number of amides is 1. The summed E-state index contributed by atoms with van der Waals surface area (Å²) in [5.74, 6) is -0.0682. The molecule has 3 nitrogen and oxygen atoms in total. The number of thioether (sulfide) groups is 1. The molecule has 122 valence electrons. The molecule has 0 atom stereocenters. The lowest BCUT2D eigenvalue weighted by Gasteiger charge is -2.09. The van der Waals surface area contributed by atoms with E-state index in [9.17, 15) is 4.79 Å². The van der Waals surface area contributed by atoms with Crippen LogP contribution >= 0.6 is 23.4 Å². The maximum atomic E-state index is 11.9. The summed E-state index contributed by atoms with van der Waals surface area (Å²) in [4.78, 5) is 13.1. The molecule has 0 aliphatic carbocycles. The van der Waals surface area contributed by atoms with Crippen LogP contribution in [0.2, 0.25) is 5.02 Å². The Labute approximate surface area is 146 Å². The van der Waals surface area contributed by atoms with Crippen molar-refractivity contribution < 1.29 is 4.79 Å². The highest BCUT2D eigenvalue weighted by molar-refractivity contribution is 7.99. The lowest BCUT2D eigenvalue weighted by Crippen LogP contribution is -2.27. The van der Waals surface area contributed by atoms with Crippen molar-refractivity contribution in [2.75, 3.05) is 11.9 Å². The van der Waals surface area contributed by atoms with Crippen molar-refractivity contribution in [2.45, 2.75) is 30.5 Å². The molecular weight excluding hydrogens is 328 g/mol. The highest BCUT2D eigenvalue weighted by atomic mass is 35.5. The van der Waals surface area contributed by atoms with Gasteiger partial charge in [-0.25, -0.2) is 0 Å². The molecule has 0 saturated carbocycles. The van der Waals surface area contributed by atoms with Crippen molar-refractivity contribution >= 4 is 35.0 Å². The van der Waals surface area contributed by atoms with Gasteiger partial charge in [-0.15, -0.1) is 11.8 Å². The number of nitrogens with one attached hydrogen (secondary N) is 2. The van der Waals surface area contributed by atoms with Crippen molar-refractivity contribution in [3.8, 4) is 0 Å². The van der Waals surface area contributed by atoms with E-state index in [1.807, 2.05) is 48.5 Å². The van der Waals surface area contributed by atoms with Crippen LogP contribution in [0.5, 0.6) is 0 Å². The van der Waals surface area contributed by atoms with Crippen LogP contribution in [0.1, 0.15) is 19.4 Å². The minimum absolute atomic E-state index is 0.0682. The lowest BCUT2D eigenvalue weighted by atomic mass is 10.2. The molecule has 2 aromatic carbocycles. The number of rotatable bonds is 7. The summed E-state index contributed by atoms with van der Waals surface area (Å²) < 4.78 is 0. The fourth-order valence-corrected chi connectivity index (χ4v) is 3.09. The van der Waals surface area contributed by atoms with Crippen molar-refractivity contribution in [1.29, 1.82) is 0 Å². The molecule has 0 heterocycles. The van der Waals surface area contributed by atoms with Gasteiger partial charge in [0.25, 0.3) is 0 Å². The fourth-order valence-electron chi connectivity index (χ4n) is 2.05. The number of halogens is 1. The highest BCUT2D eigenvalue weighted by Crippen LogP contribution is 2.24. The molecule has 0 saturated heterocycles. The molecule has 0 radical (unpaired) electrons. The molecule has 1 amide bonds. The predicted molar refractivity (Wildman–Crippen MR) is 99.2 cm³/mol. The van der Waals surface area contributed by atoms with Gasteiger partial charge in [0.15, 0.2) is 0 Å². The van der Waals surface area contributed by atoms with Gasteiger partial charge in [0.05, 0.1) is 6.54 Å². The maximum Gasteiger partial charge on any atom is 0.238 e. The Morgan fingerprint density at radius 2 is 1.83 bits per heavy atom. The van der Waals surface area contributed by atoms with Crippen LogP contribution in [0.25, 0.3) is 0 Å². The van der Waals surface area contributed by atoms with Crippen LogP contribution in [0, 0.1) is 0 Å². The molecule has 0 aliphatic rings. The van der Waals surface area contributed by atoms with E-state index in [0.717, 1.165) is 11.3 Å². The second kappa shape index (κ2) is 8.96. The van der Waals surface area contributed by atoms with Gasteiger partial charge in [0.1, 0.15) is 0 Å². The maximum absolute atomic E-state index is 11.9. The minimum Gasteiger partial charge on any atom is -0.325 e. The Morgan fingerprint density at radius 1 is 1.13 bits per heavy atom. The van der Waals surface area contributed by atoms with E-state index in [2.05, 4.69) is 24.5 Å². The summed E-state index contributed by atoms with van der Waals surface area (Å²) in [7, 11) is 0. The first-order chi connectivity index (χ1) is 11.0. The average Bonchev–Trinajstić information content (AvgIpc) is 2.51. The van der Waals surface area contributed by atoms with E-state index in [1.54, 1.807) is 11.8 Å². The van der Waals surface area contributed by atoms with Crippen LogP contribution in [-0.4, -0.2) is 17.7 Å². The van der Waals surface area contributed by atoms with Gasteiger partial charge in [0.2, 0.25) is 5.91 Å². The number of benzene rings is 2. The summed E-state index contributed by atoms with van der Waals surface area (Å²) >= 11 is 7.88. The Morgan fingerprint density at radius 3 is 2.48 bits per heavy atom. The first kappa shape index (κ1) is 17.9. The molecule has 0 aromatic heterocycles. The van der Waals surface area contributed by atoms with E-state index >= 15 is 0 Å². The van der Waals surface area contributed by atoms with E-state index < -0.39 is 0 Å². The van der Waals surface area contributed by atoms with Crippen LogP contribution in [0.3, 0.4) is 0 Å². The monoisotopic (exact) mass is 348 g/mol. The molecule has 2 aromatic rings. The molecular formula is C18H21ClN2OS. The Bertz CT molecular complexity index is 644. The SMILES string of the molecule is CC(C)Sc1ccc(NC(=O)CNCc2ccccc2Cl)cc1. The van der Waals surface area contributed by atoms with Crippen LogP contribution in [-0.2, 0) is 11.3 Å². The van der Waals surface area contributed by atoms with Gasteiger partial charge in [-0.05, 0) is 35.9 Å². The third-order valence-electron chi connectivity index (χ3n) is 3.07. The smallest absolute Gasteiger partial charge is 0.238 e. The average molecular weight is 349 g/mol. The molecule has 0 fully saturated rings. The second-order valence-corrected chi connectivity index (χ2v) is 7.49. The van der Waals surface area contributed by atoms with Gasteiger partial charge in [-0.2, -0.15) is 0 Å². The third kappa shape index (κ3) is 6.26. The first-order valence-electron chi connectivity index (χ1n) is 7.55. The Hall–Kier alpha value is -1.49. The lowest BCUT2D eigenvalue weighted by molar-refractivity contribution is -0.115. The molecule has 2 rings (SSSR count). The van der Waals surface area contributed by atoms with Gasteiger partial charge in [0, 0.05) is 27.4 Å². The molecule has 0 spiro atoms. The minimum atomic E-state index is -0.0682. The van der Waals surface area contributed by atoms with Gasteiger partial charge in [-0.3, -0.25) is 4.79 Å². The fraction of sp³-hybridized carbons (Fsp3) is 0.278. The Kier molecular flexibility index (Phi) is 6.96. The second-order valence-electron chi connectivity index (χ2n) is 5.43. The zero-order chi connectivity index (χ0) is 16.7. The molecule has 5 heteroatoms. The summed E-state index contributed by atoms with van der Waals surface area (Å²) in [6.45, 7) is 5.13. The summed E-state index contributed by atoms with van der Waals surface area (Å²) in [6.07, 6.45) is 0. The zero-order valence-corrected chi connectivity index (χ0v) is 14.9.